The van der Waals surface area contributed by atoms with Crippen LogP contribution in [0.4, 0.5) is 4.79 Å². The van der Waals surface area contributed by atoms with Gasteiger partial charge in [-0.05, 0) is 0 Å². The van der Waals surface area contributed by atoms with Crippen molar-refractivity contribution in [1.29, 1.82) is 0 Å². The summed E-state index contributed by atoms with van der Waals surface area (Å²) in [5, 5.41) is 14.8. The van der Waals surface area contributed by atoms with Crippen LogP contribution in [0, 0.1) is 0 Å². The summed E-state index contributed by atoms with van der Waals surface area (Å²) < 4.78 is -0.598. The van der Waals surface area contributed by atoms with E-state index in [9.17, 15) is 9.59 Å². The van der Waals surface area contributed by atoms with Gasteiger partial charge in [0.25, 0.3) is 5.82 Å². The molecule has 8 heteroatoms. The van der Waals surface area contributed by atoms with Gasteiger partial charge in [0, 0.05) is 0 Å². The molecule has 0 aromatic heterocycles. The molecule has 0 spiro atoms. The lowest BCUT2D eigenvalue weighted by molar-refractivity contribution is -0.796. The number of carbonyl (C=O) groups is 2. The van der Waals surface area contributed by atoms with E-state index < -0.39 is 16.6 Å². The number of allylic oxidation sites excluding steroid dienone is 1. The van der Waals surface area contributed by atoms with Crippen LogP contribution in [-0.2, 0) is 4.79 Å². The zero-order valence-corrected chi connectivity index (χ0v) is 8.10. The Morgan fingerprint density at radius 1 is 1.67 bits per heavy atom. The lowest BCUT2D eigenvalue weighted by atomic mass is 10.4. The van der Waals surface area contributed by atoms with E-state index in [-0.39, 0.29) is 18.1 Å². The number of rotatable bonds is 3. The van der Waals surface area contributed by atoms with E-state index in [1.165, 1.54) is 13.3 Å². The van der Waals surface area contributed by atoms with Gasteiger partial charge in [0.15, 0.2) is 0 Å². The van der Waals surface area contributed by atoms with Gasteiger partial charge in [-0.25, -0.2) is 4.79 Å². The Morgan fingerprint density at radius 3 is 2.73 bits per heavy atom. The fourth-order valence-electron chi connectivity index (χ4n) is 1.13. The minimum absolute atomic E-state index is 0.171. The first-order valence-corrected chi connectivity index (χ1v) is 4.06. The summed E-state index contributed by atoms with van der Waals surface area (Å²) in [7, 11) is 1.41. The number of amides is 2. The van der Waals surface area contributed by atoms with Crippen LogP contribution in [0.5, 0.6) is 0 Å². The minimum Gasteiger partial charge on any atom is -0.480 e. The number of carbonyl (C=O) groups excluding carboxylic acids is 1. The average Bonchev–Trinajstić information content (AvgIpc) is 2.41. The Morgan fingerprint density at radius 2 is 2.27 bits per heavy atom. The van der Waals surface area contributed by atoms with Gasteiger partial charge >= 0.3 is 12.0 Å². The van der Waals surface area contributed by atoms with E-state index in [4.69, 9.17) is 16.6 Å². The summed E-state index contributed by atoms with van der Waals surface area (Å²) in [6.07, 6.45) is 1.26. The Labute approximate surface area is 85.4 Å². The Bertz CT molecular complexity index is 375. The largest absolute Gasteiger partial charge is 0.480 e. The molecule has 0 radical (unpaired) electrons. The molecule has 1 rings (SSSR count). The third kappa shape index (κ3) is 1.89. The van der Waals surface area contributed by atoms with E-state index in [1.54, 1.807) is 0 Å². The predicted octanol–water partition coefficient (Wildman–Crippen LogP) is -1.69. The molecule has 0 aromatic rings. The van der Waals surface area contributed by atoms with Crippen molar-refractivity contribution >= 4 is 18.2 Å². The van der Waals surface area contributed by atoms with E-state index in [1.807, 2.05) is 0 Å². The molecule has 2 amide bonds. The highest BCUT2D eigenvalue weighted by Gasteiger charge is 2.41. The molecule has 6 N–H and O–H groups in total. The van der Waals surface area contributed by atoms with Crippen LogP contribution < -0.4 is 16.8 Å². The first-order chi connectivity index (χ1) is 6.88. The molecular formula is C7H12N5O3+. The molecule has 15 heavy (non-hydrogen) atoms. The normalized spacial score (nSPS) is 24.3. The molecule has 1 atom stereocenters. The monoisotopic (exact) mass is 214 g/mol. The molecule has 1 unspecified atom stereocenters. The summed E-state index contributed by atoms with van der Waals surface area (Å²) in [4.78, 5) is 21.5. The number of primary amides is 1. The fourth-order valence-corrected chi connectivity index (χ4v) is 1.13. The second kappa shape index (κ2) is 3.58. The van der Waals surface area contributed by atoms with Crippen LogP contribution in [0.25, 0.3) is 0 Å². The smallest absolute Gasteiger partial charge is 0.446 e. The van der Waals surface area contributed by atoms with Gasteiger partial charge in [-0.2, -0.15) is 0 Å². The van der Waals surface area contributed by atoms with Crippen molar-refractivity contribution in [1.82, 2.24) is 5.32 Å². The predicted molar refractivity (Wildman–Crippen MR) is 51.1 cm³/mol. The van der Waals surface area contributed by atoms with E-state index >= 15 is 0 Å². The molecule has 1 heterocycles. The standard InChI is InChI=1S/C7H11N5O3/c1-12(7(9)15)6(4(8)2-11-12)10-3-5(13)14/h2H,3,8H2,1H3,(H3-,9,10,11,13,14,15)/p+1. The van der Waals surface area contributed by atoms with Crippen molar-refractivity contribution in [3.05, 3.63) is 11.5 Å². The second-order valence-corrected chi connectivity index (χ2v) is 3.09. The second-order valence-electron chi connectivity index (χ2n) is 3.09. The maximum absolute atomic E-state index is 11.1. The van der Waals surface area contributed by atoms with Crippen molar-refractivity contribution in [3.8, 4) is 0 Å². The summed E-state index contributed by atoms with van der Waals surface area (Å²) in [5.74, 6) is -0.900. The van der Waals surface area contributed by atoms with Crippen LogP contribution in [-0.4, -0.2) is 41.5 Å². The van der Waals surface area contributed by atoms with Gasteiger partial charge in [0.05, 0.1) is 0 Å². The van der Waals surface area contributed by atoms with Crippen molar-refractivity contribution in [2.24, 2.45) is 16.6 Å². The molecule has 1 aliphatic heterocycles. The summed E-state index contributed by atoms with van der Waals surface area (Å²) >= 11 is 0. The highest BCUT2D eigenvalue weighted by atomic mass is 16.4. The number of nitrogens with two attached hydrogens (primary N) is 2. The van der Waals surface area contributed by atoms with E-state index in [0.717, 1.165) is 0 Å². The first-order valence-electron chi connectivity index (χ1n) is 4.06. The lowest BCUT2D eigenvalue weighted by Crippen LogP contribution is -2.50. The van der Waals surface area contributed by atoms with Gasteiger partial charge in [-0.15, -0.1) is 0 Å². The van der Waals surface area contributed by atoms with Crippen LogP contribution in [0.15, 0.2) is 16.6 Å². The molecule has 1 aliphatic rings. The number of hydrogen-bond donors (Lipinski definition) is 4. The van der Waals surface area contributed by atoms with E-state index in [2.05, 4.69) is 10.4 Å². The van der Waals surface area contributed by atoms with Crippen molar-refractivity contribution in [2.45, 2.75) is 0 Å². The van der Waals surface area contributed by atoms with Gasteiger partial charge in [0.1, 0.15) is 25.5 Å². The highest BCUT2D eigenvalue weighted by Crippen LogP contribution is 2.19. The molecule has 0 aliphatic carbocycles. The quantitative estimate of drug-likeness (QED) is 0.416. The molecule has 82 valence electrons. The zero-order valence-electron chi connectivity index (χ0n) is 8.10. The molecule has 0 aromatic carbocycles. The summed E-state index contributed by atoms with van der Waals surface area (Å²) in [5.41, 5.74) is 10.9. The number of urea groups is 1. The summed E-state index contributed by atoms with van der Waals surface area (Å²) in [6, 6.07) is -0.750. The molecule has 0 saturated heterocycles. The van der Waals surface area contributed by atoms with E-state index in [0.29, 0.717) is 0 Å². The van der Waals surface area contributed by atoms with Crippen LogP contribution in [0.2, 0.25) is 0 Å². The SMILES string of the molecule is C[N+]1(C(N)=O)N=CC(N)=C1NCC(=O)O. The third-order valence-corrected chi connectivity index (χ3v) is 1.97. The number of aliphatic carboxylic acids is 1. The minimum atomic E-state index is -1.07. The van der Waals surface area contributed by atoms with Crippen LogP contribution >= 0.6 is 0 Å². The third-order valence-electron chi connectivity index (χ3n) is 1.97. The number of carboxylic acids is 1. The Kier molecular flexibility index (Phi) is 2.62. The molecular weight excluding hydrogens is 202 g/mol. The zero-order chi connectivity index (χ0) is 11.6. The number of quaternary nitrogens is 1. The lowest BCUT2D eigenvalue weighted by Gasteiger charge is -2.21. The number of nitrogens with zero attached hydrogens (tertiary/aromatic N) is 2. The molecule has 0 bridgehead atoms. The molecule has 0 saturated carbocycles. The maximum atomic E-state index is 11.1. The van der Waals surface area contributed by atoms with Crippen LogP contribution in [0.1, 0.15) is 0 Å². The Hall–Kier alpha value is -2.09. The van der Waals surface area contributed by atoms with Crippen molar-refractivity contribution in [2.75, 3.05) is 13.6 Å². The van der Waals surface area contributed by atoms with Crippen molar-refractivity contribution < 1.29 is 19.3 Å². The average molecular weight is 214 g/mol. The number of hydrogen-bond acceptors (Lipinski definition) is 5. The number of carboxylic acid groups (broad SMARTS) is 1. The topological polar surface area (TPSA) is 131 Å². The van der Waals surface area contributed by atoms with Gasteiger partial charge in [0.2, 0.25) is 0 Å². The summed E-state index contributed by atoms with van der Waals surface area (Å²) in [6.45, 7) is -0.361. The number of nitrogens with one attached hydrogen (secondary N) is 1. The highest BCUT2D eigenvalue weighted by molar-refractivity contribution is 5.82. The van der Waals surface area contributed by atoms with Gasteiger partial charge < -0.3 is 21.9 Å². The maximum Gasteiger partial charge on any atom is 0.446 e. The van der Waals surface area contributed by atoms with Crippen molar-refractivity contribution in [3.63, 3.8) is 0 Å². The van der Waals surface area contributed by atoms with Crippen LogP contribution in [0.3, 0.4) is 0 Å². The van der Waals surface area contributed by atoms with Gasteiger partial charge in [-0.3, -0.25) is 4.79 Å². The van der Waals surface area contributed by atoms with Gasteiger partial charge in [-0.1, -0.05) is 9.69 Å². The molecule has 0 fully saturated rings. The fraction of sp³-hybridized carbons (Fsp3) is 0.286. The first kappa shape index (κ1) is 11.0. The Balaban J connectivity index is 2.90. The molecule has 8 nitrogen and oxygen atoms in total.